The molecule has 0 saturated carbocycles. The predicted molar refractivity (Wildman–Crippen MR) is 91.4 cm³/mol. The van der Waals surface area contributed by atoms with Gasteiger partial charge in [0.1, 0.15) is 0 Å². The van der Waals surface area contributed by atoms with Crippen LogP contribution in [0.4, 0.5) is 0 Å². The zero-order valence-electron chi connectivity index (χ0n) is 11.7. The van der Waals surface area contributed by atoms with Crippen molar-refractivity contribution < 1.29 is 39.9 Å². The van der Waals surface area contributed by atoms with Crippen LogP contribution in [0.15, 0.2) is 0 Å². The molecule has 0 spiro atoms. The Labute approximate surface area is 160 Å². The van der Waals surface area contributed by atoms with Crippen molar-refractivity contribution in [2.75, 3.05) is 52.6 Å². The van der Waals surface area contributed by atoms with Crippen LogP contribution in [-0.2, 0) is 44.7 Å². The number of aliphatic hydroxyl groups excluding tert-OH is 4. The van der Waals surface area contributed by atoms with Gasteiger partial charge in [-0.25, -0.2) is 0 Å². The van der Waals surface area contributed by atoms with Crippen molar-refractivity contribution >= 4 is 58.3 Å². The fourth-order valence-electron chi connectivity index (χ4n) is 1.07. The van der Waals surface area contributed by atoms with Crippen molar-refractivity contribution in [1.29, 1.82) is 0 Å². The van der Waals surface area contributed by atoms with E-state index < -0.39 is 0 Å². The number of hydrogen-bond donors (Lipinski definition) is 4. The van der Waals surface area contributed by atoms with Gasteiger partial charge < -0.3 is 79.9 Å². The van der Waals surface area contributed by atoms with E-state index in [4.69, 9.17) is 20.4 Å². The third kappa shape index (κ3) is 16.9. The maximum absolute atomic E-state index is 8.48. The molecule has 0 fully saturated rings. The largest absolute Gasteiger partial charge is 2.00 e. The number of aliphatic hydroxyl groups is 4. The second kappa shape index (κ2) is 18.7. The first kappa shape index (κ1) is 26.6. The van der Waals surface area contributed by atoms with Gasteiger partial charge in [-0.2, -0.15) is 0 Å². The molecule has 0 aromatic carbocycles. The molecule has 0 amide bonds. The van der Waals surface area contributed by atoms with Crippen LogP contribution in [0.3, 0.4) is 0 Å². The van der Waals surface area contributed by atoms with Gasteiger partial charge in [-0.05, 0) is 0 Å². The van der Waals surface area contributed by atoms with Crippen molar-refractivity contribution in [3.8, 4) is 0 Å². The molecule has 0 rings (SSSR count). The predicted octanol–water partition coefficient (Wildman–Crippen LogP) is -1.79. The molecule has 0 aliphatic heterocycles. The Hall–Kier alpha value is 0.683. The van der Waals surface area contributed by atoms with Crippen LogP contribution in [0.5, 0.6) is 0 Å². The van der Waals surface area contributed by atoms with Crippen LogP contribution in [0, 0.1) is 0 Å². The second-order valence-corrected chi connectivity index (χ2v) is 5.46. The molecule has 11 heteroatoms. The number of nitrogens with zero attached hydrogens (tertiary/aromatic N) is 2. The summed E-state index contributed by atoms with van der Waals surface area (Å²) >= 11 is 18.7. The van der Waals surface area contributed by atoms with Gasteiger partial charge in [-0.15, -0.1) is 0 Å². The summed E-state index contributed by atoms with van der Waals surface area (Å²) in [6, 6.07) is 0. The first-order chi connectivity index (χ1) is 9.44. The molecule has 0 bridgehead atoms. The van der Waals surface area contributed by atoms with Crippen LogP contribution >= 0.6 is 24.4 Å². The molecule has 6 nitrogen and oxygen atoms in total. The molecule has 0 atom stereocenters. The van der Waals surface area contributed by atoms with Crippen LogP contribution in [0.1, 0.15) is 0 Å². The summed E-state index contributed by atoms with van der Waals surface area (Å²) in [6.45, 7) is 1.67. The number of thiocarbonyl (C=S) groups is 2. The molecule has 120 valence electrons. The third-order valence-corrected chi connectivity index (χ3v) is 3.03. The second-order valence-electron chi connectivity index (χ2n) is 3.40. The van der Waals surface area contributed by atoms with Gasteiger partial charge in [-0.3, -0.25) is 0 Å². The Morgan fingerprint density at radius 1 is 0.667 bits per heavy atom. The van der Waals surface area contributed by atoms with Crippen LogP contribution in [-0.4, -0.2) is 91.5 Å². The molecule has 0 saturated heterocycles. The van der Waals surface area contributed by atoms with E-state index in [-0.39, 0.29) is 45.9 Å². The Bertz CT molecular complexity index is 239. The van der Waals surface area contributed by atoms with E-state index in [0.717, 1.165) is 0 Å². The van der Waals surface area contributed by atoms with Crippen molar-refractivity contribution in [2.45, 2.75) is 0 Å². The Morgan fingerprint density at radius 3 is 0.952 bits per heavy atom. The summed E-state index contributed by atoms with van der Waals surface area (Å²) in [5.74, 6) is 0. The minimum Gasteiger partial charge on any atom is -0.411 e. The number of hydrogen-bond acceptors (Lipinski definition) is 8. The zero-order chi connectivity index (χ0) is 16.0. The standard InChI is InChI=1S/2C5H11NO2S2.Zn/c2*7-3-1-6(2-4-8)5(9)10;/h2*7-8H,1-4H2,(H,9,10);/q;;+2/p-2. The molecule has 0 heterocycles. The van der Waals surface area contributed by atoms with Crippen LogP contribution < -0.4 is 0 Å². The molecule has 0 aromatic heterocycles. The molecular formula is C10H20N2O4S4Zn. The average Bonchev–Trinajstić information content (AvgIpc) is 2.38. The Balaban J connectivity index is -0.000000295. The SMILES string of the molecule is OCCN(CCO)C(=S)[S-].OCCN(CCO)C(=S)[S-].[Zn+2]. The molecule has 0 aromatic rings. The summed E-state index contributed by atoms with van der Waals surface area (Å²) in [5, 5.41) is 33.9. The summed E-state index contributed by atoms with van der Waals surface area (Å²) in [6.07, 6.45) is 0. The van der Waals surface area contributed by atoms with E-state index in [1.165, 1.54) is 0 Å². The maximum atomic E-state index is 8.48. The fourth-order valence-corrected chi connectivity index (χ4v) is 1.80. The van der Waals surface area contributed by atoms with Crippen molar-refractivity contribution in [2.24, 2.45) is 0 Å². The molecule has 0 unspecified atom stereocenters. The van der Waals surface area contributed by atoms with Crippen molar-refractivity contribution in [3.63, 3.8) is 0 Å². The van der Waals surface area contributed by atoms with Crippen molar-refractivity contribution in [3.05, 3.63) is 0 Å². The van der Waals surface area contributed by atoms with E-state index in [0.29, 0.717) is 34.8 Å². The van der Waals surface area contributed by atoms with Gasteiger partial charge in [0, 0.05) is 26.2 Å². The number of rotatable bonds is 8. The molecule has 0 aliphatic rings. The van der Waals surface area contributed by atoms with Gasteiger partial charge in [0.05, 0.1) is 26.4 Å². The van der Waals surface area contributed by atoms with Gasteiger partial charge in [0.2, 0.25) is 0 Å². The average molecular weight is 426 g/mol. The van der Waals surface area contributed by atoms with Gasteiger partial charge >= 0.3 is 19.5 Å². The van der Waals surface area contributed by atoms with E-state index in [9.17, 15) is 0 Å². The molecule has 0 aliphatic carbocycles. The maximum Gasteiger partial charge on any atom is 2.00 e. The molecule has 21 heavy (non-hydrogen) atoms. The molecular weight excluding hydrogens is 406 g/mol. The summed E-state index contributed by atoms with van der Waals surface area (Å²) in [5.41, 5.74) is 0. The van der Waals surface area contributed by atoms with Gasteiger partial charge in [-0.1, -0.05) is 8.64 Å². The molecule has 4 N–H and O–H groups in total. The topological polar surface area (TPSA) is 87.4 Å². The Morgan fingerprint density at radius 2 is 0.857 bits per heavy atom. The normalized spacial score (nSPS) is 8.95. The summed E-state index contributed by atoms with van der Waals surface area (Å²) in [4.78, 5) is 3.15. The monoisotopic (exact) mass is 424 g/mol. The first-order valence-corrected chi connectivity index (χ1v) is 7.43. The first-order valence-electron chi connectivity index (χ1n) is 5.79. The van der Waals surface area contributed by atoms with Gasteiger partial charge in [0.15, 0.2) is 0 Å². The van der Waals surface area contributed by atoms with E-state index in [1.807, 2.05) is 0 Å². The Kier molecular flexibility index (Phi) is 23.7. The van der Waals surface area contributed by atoms with E-state index in [1.54, 1.807) is 9.80 Å². The summed E-state index contributed by atoms with van der Waals surface area (Å²) in [7, 11) is 0. The zero-order valence-corrected chi connectivity index (χ0v) is 17.9. The quantitative estimate of drug-likeness (QED) is 0.203. The third-order valence-electron chi connectivity index (χ3n) is 2.00. The fraction of sp³-hybridized carbons (Fsp3) is 0.800. The van der Waals surface area contributed by atoms with Gasteiger partial charge in [0.25, 0.3) is 0 Å². The van der Waals surface area contributed by atoms with E-state index >= 15 is 0 Å². The van der Waals surface area contributed by atoms with Crippen LogP contribution in [0.2, 0.25) is 0 Å². The van der Waals surface area contributed by atoms with Crippen LogP contribution in [0.25, 0.3) is 0 Å². The van der Waals surface area contributed by atoms with E-state index in [2.05, 4.69) is 49.7 Å². The minimum atomic E-state index is 0. The van der Waals surface area contributed by atoms with Crippen molar-refractivity contribution in [1.82, 2.24) is 9.80 Å². The molecule has 0 radical (unpaired) electrons. The smallest absolute Gasteiger partial charge is 0.411 e. The summed E-state index contributed by atoms with van der Waals surface area (Å²) < 4.78 is 0.589. The minimum absolute atomic E-state index is 0.